The molecule has 0 spiro atoms. The van der Waals surface area contributed by atoms with Gasteiger partial charge in [0, 0.05) is 6.42 Å². The van der Waals surface area contributed by atoms with E-state index in [0.717, 1.165) is 51.4 Å². The van der Waals surface area contributed by atoms with Crippen LogP contribution in [0.25, 0.3) is 0 Å². The molecule has 0 aliphatic carbocycles. The van der Waals surface area contributed by atoms with Crippen molar-refractivity contribution in [3.05, 3.63) is 36.5 Å². The lowest BCUT2D eigenvalue weighted by Crippen LogP contribution is -2.66. The molecule has 19 heteroatoms. The number of unbranched alkanes of at least 4 members (excludes halogenated alkanes) is 47. The number of rotatable bonds is 67. The molecular formula is C82H153NO18. The SMILES string of the molecule is CCCCCCC/C=C\C/C=C\CCCCCCCCCCCCCCCCCCCCCCCCCC(=O)NC(COC1OC(CO)C(OC2OC(CO)C(OC3OC(CO)C(O)C(O)C3O)C(O)C2O)C(O)C1O)C(O)/C=C/CCCCCCCCCCCCCCCCCCCCC. The van der Waals surface area contributed by atoms with Crippen LogP contribution in [0.2, 0.25) is 0 Å². The Bertz CT molecular complexity index is 1960. The van der Waals surface area contributed by atoms with E-state index >= 15 is 0 Å². The number of aliphatic hydroxyl groups is 11. The fourth-order valence-corrected chi connectivity index (χ4v) is 14.2. The zero-order chi connectivity index (χ0) is 73.2. The van der Waals surface area contributed by atoms with Crippen molar-refractivity contribution in [2.75, 3.05) is 26.4 Å². The number of hydrogen-bond donors (Lipinski definition) is 12. The first-order valence-electron chi connectivity index (χ1n) is 41.7. The monoisotopic (exact) mass is 1440 g/mol. The molecule has 0 radical (unpaired) electrons. The molecule has 594 valence electrons. The summed E-state index contributed by atoms with van der Waals surface area (Å²) in [6.07, 6.45) is 51.4. The van der Waals surface area contributed by atoms with Crippen LogP contribution >= 0.6 is 0 Å². The molecule has 3 fully saturated rings. The van der Waals surface area contributed by atoms with Gasteiger partial charge in [-0.15, -0.1) is 0 Å². The molecule has 0 bridgehead atoms. The Morgan fingerprint density at radius 2 is 0.653 bits per heavy atom. The highest BCUT2D eigenvalue weighted by atomic mass is 16.8. The van der Waals surface area contributed by atoms with E-state index in [1.54, 1.807) is 6.08 Å². The van der Waals surface area contributed by atoms with Crippen LogP contribution in [0.3, 0.4) is 0 Å². The van der Waals surface area contributed by atoms with Crippen LogP contribution in [0, 0.1) is 0 Å². The summed E-state index contributed by atoms with van der Waals surface area (Å²) in [6.45, 7) is 1.78. The maximum absolute atomic E-state index is 13.5. The molecule has 19 nitrogen and oxygen atoms in total. The molecule has 3 aliphatic heterocycles. The molecule has 0 saturated carbocycles. The number of ether oxygens (including phenoxy) is 6. The summed E-state index contributed by atoms with van der Waals surface area (Å²) >= 11 is 0. The third-order valence-electron chi connectivity index (χ3n) is 20.9. The first-order chi connectivity index (χ1) is 49.3. The first kappa shape index (κ1) is 93.2. The highest BCUT2D eigenvalue weighted by Gasteiger charge is 2.54. The summed E-state index contributed by atoms with van der Waals surface area (Å²) in [5.41, 5.74) is 0. The summed E-state index contributed by atoms with van der Waals surface area (Å²) in [6, 6.07) is -0.972. The van der Waals surface area contributed by atoms with Crippen molar-refractivity contribution in [3.8, 4) is 0 Å². The van der Waals surface area contributed by atoms with Gasteiger partial charge in [0.25, 0.3) is 0 Å². The van der Waals surface area contributed by atoms with Crippen molar-refractivity contribution >= 4 is 5.91 Å². The van der Waals surface area contributed by atoms with Crippen LogP contribution in [-0.4, -0.2) is 193 Å². The molecule has 3 rings (SSSR count). The van der Waals surface area contributed by atoms with Gasteiger partial charge in [-0.3, -0.25) is 4.79 Å². The third kappa shape index (κ3) is 43.0. The van der Waals surface area contributed by atoms with E-state index in [4.69, 9.17) is 28.4 Å². The Balaban J connectivity index is 1.33. The lowest BCUT2D eigenvalue weighted by molar-refractivity contribution is -0.379. The van der Waals surface area contributed by atoms with Gasteiger partial charge in [0.15, 0.2) is 18.9 Å². The Hall–Kier alpha value is -1.99. The van der Waals surface area contributed by atoms with E-state index in [-0.39, 0.29) is 18.9 Å². The average molecular weight is 1440 g/mol. The molecule has 12 N–H and O–H groups in total. The number of carbonyl (C=O) groups is 1. The van der Waals surface area contributed by atoms with E-state index in [0.29, 0.717) is 6.42 Å². The molecule has 3 saturated heterocycles. The van der Waals surface area contributed by atoms with Gasteiger partial charge in [-0.1, -0.05) is 326 Å². The number of aliphatic hydroxyl groups excluding tert-OH is 11. The third-order valence-corrected chi connectivity index (χ3v) is 20.9. The zero-order valence-electron chi connectivity index (χ0n) is 63.7. The van der Waals surface area contributed by atoms with Gasteiger partial charge in [0.2, 0.25) is 5.91 Å². The zero-order valence-corrected chi connectivity index (χ0v) is 63.7. The standard InChI is InChI=1S/C82H153NO18/c1-3-5-7-9-11-13-15-17-19-21-23-25-26-27-28-29-30-31-32-33-34-35-36-37-38-40-42-44-46-48-50-52-54-56-58-60-70(88)83-65(66(87)59-57-55-53-51-49-47-45-43-41-39-24-22-20-18-16-14-12-10-8-6-4-2)64-96-80-76(94)73(91)78(68(62-85)98-80)101-82-77(95)74(92)79(69(63-86)99-82)100-81-75(93)72(90)71(89)67(61-84)97-81/h15,17,21,23,57,59,65-69,71-82,84-87,89-95H,3-14,16,18-20,22,24-56,58,60-64H2,1-2H3,(H,83,88)/b17-15-,23-21-,59-57+. The van der Waals surface area contributed by atoms with Crippen molar-refractivity contribution in [1.29, 1.82) is 0 Å². The molecule has 3 heterocycles. The smallest absolute Gasteiger partial charge is 0.220 e. The van der Waals surface area contributed by atoms with Crippen molar-refractivity contribution in [1.82, 2.24) is 5.32 Å². The van der Waals surface area contributed by atoms with Crippen LogP contribution in [0.5, 0.6) is 0 Å². The Kier molecular flexibility index (Phi) is 58.1. The highest BCUT2D eigenvalue weighted by Crippen LogP contribution is 2.33. The van der Waals surface area contributed by atoms with Crippen LogP contribution in [-0.2, 0) is 33.2 Å². The Labute approximate surface area is 612 Å². The lowest BCUT2D eigenvalue weighted by atomic mass is 9.96. The van der Waals surface area contributed by atoms with Gasteiger partial charge in [-0.2, -0.15) is 0 Å². The topological polar surface area (TPSA) is 307 Å². The van der Waals surface area contributed by atoms with Gasteiger partial charge < -0.3 is 89.9 Å². The maximum atomic E-state index is 13.5. The van der Waals surface area contributed by atoms with E-state index < -0.39 is 124 Å². The first-order valence-corrected chi connectivity index (χ1v) is 41.7. The lowest BCUT2D eigenvalue weighted by Gasteiger charge is -2.48. The molecule has 1 amide bonds. The average Bonchev–Trinajstić information content (AvgIpc) is 0.782. The van der Waals surface area contributed by atoms with Crippen LogP contribution in [0.15, 0.2) is 36.5 Å². The Morgan fingerprint density at radius 1 is 0.356 bits per heavy atom. The second kappa shape index (κ2) is 63.0. The number of amides is 1. The molecule has 17 atom stereocenters. The minimum Gasteiger partial charge on any atom is -0.394 e. The highest BCUT2D eigenvalue weighted by molar-refractivity contribution is 5.76. The summed E-state index contributed by atoms with van der Waals surface area (Å²) < 4.78 is 34.5. The van der Waals surface area contributed by atoms with E-state index in [1.807, 2.05) is 6.08 Å². The summed E-state index contributed by atoms with van der Waals surface area (Å²) in [7, 11) is 0. The van der Waals surface area contributed by atoms with Gasteiger partial charge in [-0.05, 0) is 51.4 Å². The maximum Gasteiger partial charge on any atom is 0.220 e. The van der Waals surface area contributed by atoms with Crippen LogP contribution in [0.4, 0.5) is 0 Å². The predicted molar refractivity (Wildman–Crippen MR) is 402 cm³/mol. The minimum atomic E-state index is -1.98. The van der Waals surface area contributed by atoms with Gasteiger partial charge >= 0.3 is 0 Å². The summed E-state index contributed by atoms with van der Waals surface area (Å²) in [5.74, 6) is -0.268. The van der Waals surface area contributed by atoms with Crippen LogP contribution < -0.4 is 5.32 Å². The second-order valence-corrected chi connectivity index (χ2v) is 29.9. The van der Waals surface area contributed by atoms with Gasteiger partial charge in [-0.25, -0.2) is 0 Å². The fraction of sp³-hybridized carbons (Fsp3) is 0.915. The summed E-state index contributed by atoms with van der Waals surface area (Å²) in [5, 5.41) is 121. The quantitative estimate of drug-likeness (QED) is 0.0199. The summed E-state index contributed by atoms with van der Waals surface area (Å²) in [4.78, 5) is 13.5. The molecule has 0 aromatic carbocycles. The largest absolute Gasteiger partial charge is 0.394 e. The minimum absolute atomic E-state index is 0.248. The molecular weight excluding hydrogens is 1290 g/mol. The normalized spacial score (nSPS) is 26.4. The predicted octanol–water partition coefficient (Wildman–Crippen LogP) is 14.3. The number of hydrogen-bond acceptors (Lipinski definition) is 18. The van der Waals surface area contributed by atoms with Gasteiger partial charge in [0.1, 0.15) is 73.2 Å². The number of nitrogens with one attached hydrogen (secondary N) is 1. The van der Waals surface area contributed by atoms with Gasteiger partial charge in [0.05, 0.1) is 38.6 Å². The van der Waals surface area contributed by atoms with Crippen molar-refractivity contribution in [3.63, 3.8) is 0 Å². The van der Waals surface area contributed by atoms with Crippen LogP contribution in [0.1, 0.15) is 348 Å². The van der Waals surface area contributed by atoms with E-state index in [2.05, 4.69) is 43.5 Å². The van der Waals surface area contributed by atoms with Crippen molar-refractivity contribution < 1.29 is 89.4 Å². The molecule has 3 aliphatic rings. The number of allylic oxidation sites excluding steroid dienone is 5. The Morgan fingerprint density at radius 3 is 1.01 bits per heavy atom. The van der Waals surface area contributed by atoms with E-state index in [1.165, 1.54) is 270 Å². The molecule has 0 aromatic rings. The number of carbonyl (C=O) groups excluding carboxylic acids is 1. The fourth-order valence-electron chi connectivity index (χ4n) is 14.2. The second-order valence-electron chi connectivity index (χ2n) is 29.9. The molecule has 17 unspecified atom stereocenters. The molecule has 101 heavy (non-hydrogen) atoms. The van der Waals surface area contributed by atoms with Crippen molar-refractivity contribution in [2.24, 2.45) is 0 Å². The molecule has 0 aromatic heterocycles. The van der Waals surface area contributed by atoms with Crippen molar-refractivity contribution in [2.45, 2.75) is 452 Å². The van der Waals surface area contributed by atoms with E-state index in [9.17, 15) is 61.0 Å².